The second-order valence-electron chi connectivity index (χ2n) is 10.6. The summed E-state index contributed by atoms with van der Waals surface area (Å²) in [7, 11) is 1.70. The van der Waals surface area contributed by atoms with Crippen molar-refractivity contribution in [3.63, 3.8) is 0 Å². The molecule has 4 aliphatic rings. The molecule has 0 radical (unpaired) electrons. The first kappa shape index (κ1) is 24.9. The SMILES string of the molecule is C=CCN(C)C(=O)[C@H]1[C@H]2C(=O)N(CCO)C(C(=O)N(CC=C)C3CCCCC3)C23CC[C@]1(C)O3. The normalized spacial score (nSPS) is 34.7. The van der Waals surface area contributed by atoms with Crippen molar-refractivity contribution in [1.82, 2.24) is 14.7 Å². The average Bonchev–Trinajstić information content (AvgIpc) is 3.38. The van der Waals surface area contributed by atoms with Crippen LogP contribution in [0.1, 0.15) is 51.9 Å². The lowest BCUT2D eigenvalue weighted by molar-refractivity contribution is -0.155. The standard InChI is InChI=1S/C26H39N3O5/c1-5-14-27(4)22(31)19-20-23(32)29(16-17-30)21(26(20)13-12-25(19,3)34-26)24(33)28(15-6-2)18-10-8-7-9-11-18/h5-6,18-21,30H,1-2,7-17H2,3-4H3/t19-,20+,21?,25+,26?/m1/s1. The summed E-state index contributed by atoms with van der Waals surface area (Å²) < 4.78 is 6.64. The number of likely N-dealkylation sites (tertiary alicyclic amines) is 1. The molecule has 5 atom stereocenters. The quantitative estimate of drug-likeness (QED) is 0.515. The van der Waals surface area contributed by atoms with E-state index < -0.39 is 29.1 Å². The molecule has 3 aliphatic heterocycles. The Morgan fingerprint density at radius 3 is 2.44 bits per heavy atom. The molecule has 0 aromatic rings. The van der Waals surface area contributed by atoms with Gasteiger partial charge in [-0.1, -0.05) is 31.4 Å². The summed E-state index contributed by atoms with van der Waals surface area (Å²) in [5, 5.41) is 9.79. The first-order valence-corrected chi connectivity index (χ1v) is 12.6. The molecule has 3 heterocycles. The number of carbonyl (C=O) groups excluding carboxylic acids is 3. The lowest BCUT2D eigenvalue weighted by Gasteiger charge is -2.40. The Balaban J connectivity index is 1.74. The van der Waals surface area contributed by atoms with E-state index >= 15 is 0 Å². The maximum atomic E-state index is 14.2. The van der Waals surface area contributed by atoms with Crippen LogP contribution in [0.3, 0.4) is 0 Å². The molecule has 0 aromatic heterocycles. The van der Waals surface area contributed by atoms with Gasteiger partial charge in [0.15, 0.2) is 0 Å². The van der Waals surface area contributed by atoms with Gasteiger partial charge in [0, 0.05) is 32.7 Å². The molecule has 0 aromatic carbocycles. The molecule has 8 heteroatoms. The fourth-order valence-electron chi connectivity index (χ4n) is 7.06. The summed E-state index contributed by atoms with van der Waals surface area (Å²) in [5.74, 6) is -1.96. The highest BCUT2D eigenvalue weighted by Gasteiger charge is 2.78. The van der Waals surface area contributed by atoms with Gasteiger partial charge in [-0.15, -0.1) is 13.2 Å². The lowest BCUT2D eigenvalue weighted by Crippen LogP contribution is -2.58. The highest BCUT2D eigenvalue weighted by atomic mass is 16.5. The number of hydrogen-bond donors (Lipinski definition) is 1. The predicted molar refractivity (Wildman–Crippen MR) is 128 cm³/mol. The number of carbonyl (C=O) groups is 3. The van der Waals surface area contributed by atoms with E-state index in [0.29, 0.717) is 25.9 Å². The minimum atomic E-state index is -1.05. The van der Waals surface area contributed by atoms with Crippen LogP contribution in [-0.2, 0) is 19.1 Å². The number of aliphatic hydroxyl groups is 1. The van der Waals surface area contributed by atoms with Crippen LogP contribution >= 0.6 is 0 Å². The van der Waals surface area contributed by atoms with Crippen LogP contribution in [-0.4, -0.2) is 94.1 Å². The largest absolute Gasteiger partial charge is 0.395 e. The van der Waals surface area contributed by atoms with Crippen LogP contribution in [0.15, 0.2) is 25.3 Å². The smallest absolute Gasteiger partial charge is 0.248 e. The van der Waals surface area contributed by atoms with Gasteiger partial charge in [-0.3, -0.25) is 14.4 Å². The zero-order valence-corrected chi connectivity index (χ0v) is 20.6. The van der Waals surface area contributed by atoms with E-state index in [0.717, 1.165) is 25.7 Å². The molecular weight excluding hydrogens is 434 g/mol. The zero-order valence-electron chi connectivity index (χ0n) is 20.6. The van der Waals surface area contributed by atoms with Crippen LogP contribution in [0.2, 0.25) is 0 Å². The highest BCUT2D eigenvalue weighted by Crippen LogP contribution is 2.63. The second-order valence-corrected chi connectivity index (χ2v) is 10.6. The van der Waals surface area contributed by atoms with Gasteiger partial charge >= 0.3 is 0 Å². The number of amides is 3. The summed E-state index contributed by atoms with van der Waals surface area (Å²) in [5.41, 5.74) is -1.85. The summed E-state index contributed by atoms with van der Waals surface area (Å²) >= 11 is 0. The third-order valence-electron chi connectivity index (χ3n) is 8.52. The average molecular weight is 474 g/mol. The Morgan fingerprint density at radius 2 is 1.82 bits per heavy atom. The van der Waals surface area contributed by atoms with Crippen molar-refractivity contribution in [1.29, 1.82) is 0 Å². The molecule has 3 saturated heterocycles. The second kappa shape index (κ2) is 9.46. The van der Waals surface area contributed by atoms with Crippen LogP contribution in [0.5, 0.6) is 0 Å². The van der Waals surface area contributed by atoms with Gasteiger partial charge in [-0.05, 0) is 32.6 Å². The molecule has 34 heavy (non-hydrogen) atoms. The summed E-state index contributed by atoms with van der Waals surface area (Å²) in [6.07, 6.45) is 9.72. The summed E-state index contributed by atoms with van der Waals surface area (Å²) in [6, 6.07) is -0.741. The molecule has 4 fully saturated rings. The first-order chi connectivity index (χ1) is 16.3. The van der Waals surface area contributed by atoms with E-state index in [9.17, 15) is 19.5 Å². The molecule has 188 valence electrons. The van der Waals surface area contributed by atoms with Crippen molar-refractivity contribution < 1.29 is 24.2 Å². The number of β-amino-alcohol motifs (C(OH)–C–C–N with tert-alkyl or cyclic N) is 1. The molecule has 1 N–H and O–H groups in total. The maximum Gasteiger partial charge on any atom is 0.248 e. The highest BCUT2D eigenvalue weighted by molar-refractivity contribution is 5.99. The molecule has 3 amide bonds. The predicted octanol–water partition coefficient (Wildman–Crippen LogP) is 1.74. The van der Waals surface area contributed by atoms with E-state index in [1.54, 1.807) is 24.1 Å². The van der Waals surface area contributed by atoms with Crippen molar-refractivity contribution in [2.45, 2.75) is 75.2 Å². The fraction of sp³-hybridized carbons (Fsp3) is 0.731. The van der Waals surface area contributed by atoms with Crippen molar-refractivity contribution in [2.24, 2.45) is 11.8 Å². The number of rotatable bonds is 9. The maximum absolute atomic E-state index is 14.2. The van der Waals surface area contributed by atoms with E-state index in [1.165, 1.54) is 11.3 Å². The monoisotopic (exact) mass is 473 g/mol. The van der Waals surface area contributed by atoms with Gasteiger partial charge < -0.3 is 24.5 Å². The Morgan fingerprint density at radius 1 is 1.15 bits per heavy atom. The van der Waals surface area contributed by atoms with Gasteiger partial charge in [0.25, 0.3) is 0 Å². The van der Waals surface area contributed by atoms with Gasteiger partial charge in [-0.2, -0.15) is 0 Å². The Bertz CT molecular complexity index is 855. The van der Waals surface area contributed by atoms with E-state index in [2.05, 4.69) is 13.2 Å². The molecule has 1 aliphatic carbocycles. The minimum Gasteiger partial charge on any atom is -0.395 e. The molecule has 8 nitrogen and oxygen atoms in total. The first-order valence-electron chi connectivity index (χ1n) is 12.6. The number of nitrogens with zero attached hydrogens (tertiary/aromatic N) is 3. The number of hydrogen-bond acceptors (Lipinski definition) is 5. The topological polar surface area (TPSA) is 90.4 Å². The fourth-order valence-corrected chi connectivity index (χ4v) is 7.06. The Labute approximate surface area is 202 Å². The molecule has 1 spiro atoms. The van der Waals surface area contributed by atoms with Crippen molar-refractivity contribution in [3.05, 3.63) is 25.3 Å². The lowest BCUT2D eigenvalue weighted by atomic mass is 9.66. The number of aliphatic hydroxyl groups excluding tert-OH is 1. The van der Waals surface area contributed by atoms with E-state index in [1.807, 2.05) is 11.8 Å². The van der Waals surface area contributed by atoms with Gasteiger partial charge in [-0.25, -0.2) is 0 Å². The number of fused-ring (bicyclic) bond motifs is 1. The van der Waals surface area contributed by atoms with Crippen molar-refractivity contribution >= 4 is 17.7 Å². The van der Waals surface area contributed by atoms with Gasteiger partial charge in [0.1, 0.15) is 11.6 Å². The van der Waals surface area contributed by atoms with Crippen LogP contribution in [0.4, 0.5) is 0 Å². The Kier molecular flexibility index (Phi) is 6.93. The van der Waals surface area contributed by atoms with Crippen molar-refractivity contribution in [3.8, 4) is 0 Å². The molecule has 2 unspecified atom stereocenters. The zero-order chi connectivity index (χ0) is 24.7. The van der Waals surface area contributed by atoms with E-state index in [-0.39, 0.29) is 36.9 Å². The van der Waals surface area contributed by atoms with Crippen LogP contribution in [0, 0.1) is 11.8 Å². The Hall–Kier alpha value is -2.19. The summed E-state index contributed by atoms with van der Waals surface area (Å²) in [6.45, 7) is 10.1. The molecular formula is C26H39N3O5. The van der Waals surface area contributed by atoms with Gasteiger partial charge in [0.05, 0.1) is 24.0 Å². The molecule has 4 rings (SSSR count). The van der Waals surface area contributed by atoms with Crippen LogP contribution < -0.4 is 0 Å². The minimum absolute atomic E-state index is 0.0452. The third-order valence-corrected chi connectivity index (χ3v) is 8.52. The van der Waals surface area contributed by atoms with Gasteiger partial charge in [0.2, 0.25) is 17.7 Å². The third kappa shape index (κ3) is 3.70. The molecule has 2 bridgehead atoms. The summed E-state index contributed by atoms with van der Waals surface area (Å²) in [4.78, 5) is 46.5. The number of ether oxygens (including phenoxy) is 1. The number of likely N-dealkylation sites (N-methyl/N-ethyl adjacent to an activating group) is 1. The molecule has 1 saturated carbocycles. The van der Waals surface area contributed by atoms with Crippen molar-refractivity contribution in [2.75, 3.05) is 33.3 Å². The van der Waals surface area contributed by atoms with E-state index in [4.69, 9.17) is 4.74 Å². The van der Waals surface area contributed by atoms with Crippen LogP contribution in [0.25, 0.3) is 0 Å².